The van der Waals surface area contributed by atoms with Crippen molar-refractivity contribution in [2.45, 2.75) is 19.8 Å². The number of anilines is 3. The molecular formula is C15H16Cl2N4. The molecule has 1 aliphatic rings. The van der Waals surface area contributed by atoms with E-state index in [4.69, 9.17) is 23.2 Å². The third kappa shape index (κ3) is 3.39. The summed E-state index contributed by atoms with van der Waals surface area (Å²) in [6, 6.07) is 7.40. The van der Waals surface area contributed by atoms with Crippen LogP contribution in [-0.4, -0.2) is 23.1 Å². The van der Waals surface area contributed by atoms with E-state index in [1.54, 1.807) is 12.1 Å². The molecule has 110 valence electrons. The van der Waals surface area contributed by atoms with Gasteiger partial charge < -0.3 is 10.2 Å². The predicted octanol–water partition coefficient (Wildman–Crippen LogP) is 4.44. The summed E-state index contributed by atoms with van der Waals surface area (Å²) in [7, 11) is 0. The number of nitrogens with zero attached hydrogens (tertiary/aromatic N) is 3. The summed E-state index contributed by atoms with van der Waals surface area (Å²) in [5.74, 6) is 2.49. The lowest BCUT2D eigenvalue weighted by atomic mass is 10.3. The van der Waals surface area contributed by atoms with Crippen molar-refractivity contribution >= 4 is 40.5 Å². The van der Waals surface area contributed by atoms with Gasteiger partial charge >= 0.3 is 0 Å². The second-order valence-electron chi connectivity index (χ2n) is 5.11. The molecule has 1 fully saturated rings. The lowest BCUT2D eigenvalue weighted by Gasteiger charge is -2.18. The molecule has 0 amide bonds. The Morgan fingerprint density at radius 1 is 1.05 bits per heavy atom. The van der Waals surface area contributed by atoms with Crippen LogP contribution in [0.25, 0.3) is 0 Å². The van der Waals surface area contributed by atoms with Crippen LogP contribution in [0.15, 0.2) is 24.3 Å². The molecule has 1 aliphatic heterocycles. The van der Waals surface area contributed by atoms with Crippen LogP contribution in [0.1, 0.15) is 18.7 Å². The fourth-order valence-electron chi connectivity index (χ4n) is 2.45. The first-order chi connectivity index (χ1) is 10.1. The summed E-state index contributed by atoms with van der Waals surface area (Å²) in [5, 5.41) is 4.32. The number of aromatic nitrogens is 2. The van der Waals surface area contributed by atoms with Gasteiger partial charge in [-0.2, -0.15) is 0 Å². The van der Waals surface area contributed by atoms with E-state index in [1.807, 2.05) is 19.1 Å². The summed E-state index contributed by atoms with van der Waals surface area (Å²) in [6.07, 6.45) is 2.44. The molecule has 4 nitrogen and oxygen atoms in total. The Hall–Kier alpha value is -1.52. The van der Waals surface area contributed by atoms with E-state index in [2.05, 4.69) is 20.2 Å². The molecule has 1 aromatic carbocycles. The Kier molecular flexibility index (Phi) is 4.17. The molecule has 1 aromatic heterocycles. The zero-order chi connectivity index (χ0) is 14.8. The molecule has 6 heteroatoms. The fraction of sp³-hybridized carbons (Fsp3) is 0.333. The molecule has 0 unspecified atom stereocenters. The zero-order valence-corrected chi connectivity index (χ0v) is 13.2. The van der Waals surface area contributed by atoms with Crippen molar-refractivity contribution in [3.05, 3.63) is 40.1 Å². The molecule has 1 N–H and O–H groups in total. The molecule has 2 aromatic rings. The van der Waals surface area contributed by atoms with E-state index in [0.29, 0.717) is 10.0 Å². The van der Waals surface area contributed by atoms with Crippen molar-refractivity contribution in [1.29, 1.82) is 0 Å². The van der Waals surface area contributed by atoms with Crippen LogP contribution >= 0.6 is 23.2 Å². The standard InChI is InChI=1S/C15H16Cl2N4/c1-10-18-14(9-15(19-10)21-6-2-3-7-21)20-11-4-5-12(16)13(17)8-11/h4-5,8-9H,2-3,6-7H2,1H3,(H,18,19,20). The van der Waals surface area contributed by atoms with Gasteiger partial charge in [0.2, 0.25) is 0 Å². The van der Waals surface area contributed by atoms with Gasteiger partial charge in [-0.15, -0.1) is 0 Å². The third-order valence-electron chi connectivity index (χ3n) is 3.45. The maximum Gasteiger partial charge on any atom is 0.136 e. The molecule has 3 rings (SSSR count). The largest absolute Gasteiger partial charge is 0.356 e. The van der Waals surface area contributed by atoms with Gasteiger partial charge in [0.25, 0.3) is 0 Å². The lowest BCUT2D eigenvalue weighted by molar-refractivity contribution is 0.912. The first-order valence-corrected chi connectivity index (χ1v) is 7.70. The Balaban J connectivity index is 1.85. The highest BCUT2D eigenvalue weighted by Crippen LogP contribution is 2.27. The Morgan fingerprint density at radius 3 is 2.52 bits per heavy atom. The number of rotatable bonds is 3. The van der Waals surface area contributed by atoms with Gasteiger partial charge in [0, 0.05) is 24.8 Å². The third-order valence-corrected chi connectivity index (χ3v) is 4.19. The number of hydrogen-bond acceptors (Lipinski definition) is 4. The van der Waals surface area contributed by atoms with Crippen molar-refractivity contribution in [2.24, 2.45) is 0 Å². The SMILES string of the molecule is Cc1nc(Nc2ccc(Cl)c(Cl)c2)cc(N2CCCC2)n1. The van der Waals surface area contributed by atoms with Crippen molar-refractivity contribution in [2.75, 3.05) is 23.3 Å². The molecule has 0 radical (unpaired) electrons. The average molecular weight is 323 g/mol. The number of halogens is 2. The smallest absolute Gasteiger partial charge is 0.136 e. The highest BCUT2D eigenvalue weighted by atomic mass is 35.5. The van der Waals surface area contributed by atoms with Crippen LogP contribution < -0.4 is 10.2 Å². The van der Waals surface area contributed by atoms with Gasteiger partial charge in [0.05, 0.1) is 10.0 Å². The van der Waals surface area contributed by atoms with Gasteiger partial charge in [-0.25, -0.2) is 9.97 Å². The highest BCUT2D eigenvalue weighted by molar-refractivity contribution is 6.42. The molecular weight excluding hydrogens is 307 g/mol. The zero-order valence-electron chi connectivity index (χ0n) is 11.7. The quantitative estimate of drug-likeness (QED) is 0.907. The van der Waals surface area contributed by atoms with Gasteiger partial charge in [-0.1, -0.05) is 23.2 Å². The summed E-state index contributed by atoms with van der Waals surface area (Å²) < 4.78 is 0. The van der Waals surface area contributed by atoms with Gasteiger partial charge in [0.15, 0.2) is 0 Å². The highest BCUT2D eigenvalue weighted by Gasteiger charge is 2.15. The molecule has 0 aliphatic carbocycles. The van der Waals surface area contributed by atoms with Crippen LogP contribution in [0, 0.1) is 6.92 Å². The minimum absolute atomic E-state index is 0.521. The Morgan fingerprint density at radius 2 is 1.81 bits per heavy atom. The van der Waals surface area contributed by atoms with Crippen LogP contribution in [-0.2, 0) is 0 Å². The predicted molar refractivity (Wildman–Crippen MR) is 88.0 cm³/mol. The minimum atomic E-state index is 0.521. The molecule has 2 heterocycles. The van der Waals surface area contributed by atoms with E-state index in [9.17, 15) is 0 Å². The van der Waals surface area contributed by atoms with Gasteiger partial charge in [0.1, 0.15) is 17.5 Å². The maximum absolute atomic E-state index is 6.03. The molecule has 21 heavy (non-hydrogen) atoms. The Labute approximate surface area is 134 Å². The number of hydrogen-bond donors (Lipinski definition) is 1. The van der Waals surface area contributed by atoms with Crippen LogP contribution in [0.2, 0.25) is 10.0 Å². The van der Waals surface area contributed by atoms with E-state index in [-0.39, 0.29) is 0 Å². The van der Waals surface area contributed by atoms with Crippen LogP contribution in [0.5, 0.6) is 0 Å². The first kappa shape index (κ1) is 14.4. The van der Waals surface area contributed by atoms with Crippen molar-refractivity contribution in [1.82, 2.24) is 9.97 Å². The normalized spacial score (nSPS) is 14.5. The minimum Gasteiger partial charge on any atom is -0.356 e. The number of aryl methyl sites for hydroxylation is 1. The second kappa shape index (κ2) is 6.08. The van der Waals surface area contributed by atoms with Crippen molar-refractivity contribution in [3.63, 3.8) is 0 Å². The van der Waals surface area contributed by atoms with Gasteiger partial charge in [-0.3, -0.25) is 0 Å². The Bertz CT molecular complexity index is 654. The van der Waals surface area contributed by atoms with Crippen molar-refractivity contribution in [3.8, 4) is 0 Å². The summed E-state index contributed by atoms with van der Waals surface area (Å²) >= 11 is 12.0. The fourth-order valence-corrected chi connectivity index (χ4v) is 2.74. The topological polar surface area (TPSA) is 41.1 Å². The van der Waals surface area contributed by atoms with E-state index in [0.717, 1.165) is 36.2 Å². The van der Waals surface area contributed by atoms with E-state index < -0.39 is 0 Å². The lowest BCUT2D eigenvalue weighted by Crippen LogP contribution is -2.19. The van der Waals surface area contributed by atoms with Crippen LogP contribution in [0.3, 0.4) is 0 Å². The second-order valence-corrected chi connectivity index (χ2v) is 5.92. The summed E-state index contributed by atoms with van der Waals surface area (Å²) in [5.41, 5.74) is 0.856. The molecule has 0 saturated carbocycles. The molecule has 0 atom stereocenters. The number of nitrogens with one attached hydrogen (secondary N) is 1. The summed E-state index contributed by atoms with van der Waals surface area (Å²) in [4.78, 5) is 11.2. The number of benzene rings is 1. The van der Waals surface area contributed by atoms with Crippen LogP contribution in [0.4, 0.5) is 17.3 Å². The van der Waals surface area contributed by atoms with Gasteiger partial charge in [-0.05, 0) is 38.0 Å². The molecule has 1 saturated heterocycles. The summed E-state index contributed by atoms with van der Waals surface area (Å²) in [6.45, 7) is 4.02. The van der Waals surface area contributed by atoms with Crippen molar-refractivity contribution < 1.29 is 0 Å². The molecule has 0 spiro atoms. The van der Waals surface area contributed by atoms with E-state index >= 15 is 0 Å². The molecule has 0 bridgehead atoms. The average Bonchev–Trinajstić information content (AvgIpc) is 2.96. The first-order valence-electron chi connectivity index (χ1n) is 6.94. The monoisotopic (exact) mass is 322 g/mol. The van der Waals surface area contributed by atoms with E-state index in [1.165, 1.54) is 12.8 Å². The maximum atomic E-state index is 6.03.